The minimum atomic E-state index is -0.516. The largest absolute Gasteiger partial charge is 0.311 e. The average molecular weight is 530 g/mol. The molecule has 0 atom stereocenters. The van der Waals surface area contributed by atoms with Crippen LogP contribution in [0.25, 0.3) is 11.4 Å². The topological polar surface area (TPSA) is 29.0 Å². The van der Waals surface area contributed by atoms with Gasteiger partial charge < -0.3 is 4.90 Å². The lowest BCUT2D eigenvalue weighted by Crippen LogP contribution is -2.28. The zero-order valence-electron chi connectivity index (χ0n) is 23.5. The SMILES string of the molecule is Cc1ccc(N(c2ccc(C)cc2)c2ccc(C3(c4ccc(C)cc4)c4cccnc4-c4ncccc43)cc2)cc1. The lowest BCUT2D eigenvalue weighted by molar-refractivity contribution is 0.764. The number of anilines is 3. The predicted octanol–water partition coefficient (Wildman–Crippen LogP) is 9.23. The van der Waals surface area contributed by atoms with Crippen LogP contribution in [0.3, 0.4) is 0 Å². The second-order valence-electron chi connectivity index (χ2n) is 11.0. The number of rotatable bonds is 5. The van der Waals surface area contributed by atoms with E-state index in [2.05, 4.69) is 135 Å². The Hall–Kier alpha value is -5.02. The highest BCUT2D eigenvalue weighted by atomic mass is 15.1. The Labute approximate surface area is 241 Å². The fraction of sp³-hybridized carbons (Fsp3) is 0.105. The maximum Gasteiger partial charge on any atom is 0.0937 e. The van der Waals surface area contributed by atoms with Gasteiger partial charge >= 0.3 is 0 Å². The van der Waals surface area contributed by atoms with Crippen molar-refractivity contribution in [2.75, 3.05) is 4.90 Å². The summed E-state index contributed by atoms with van der Waals surface area (Å²) in [6, 6.07) is 43.9. The van der Waals surface area contributed by atoms with Crippen molar-refractivity contribution >= 4 is 17.1 Å². The van der Waals surface area contributed by atoms with Crippen LogP contribution in [0.15, 0.2) is 134 Å². The Balaban J connectivity index is 1.44. The third-order valence-electron chi connectivity index (χ3n) is 8.28. The van der Waals surface area contributed by atoms with Gasteiger partial charge in [0.15, 0.2) is 0 Å². The molecule has 0 N–H and O–H groups in total. The van der Waals surface area contributed by atoms with Crippen LogP contribution >= 0.6 is 0 Å². The fourth-order valence-electron chi connectivity index (χ4n) is 6.23. The van der Waals surface area contributed by atoms with Gasteiger partial charge in [-0.3, -0.25) is 9.97 Å². The number of hydrogen-bond donors (Lipinski definition) is 0. The molecule has 2 aromatic heterocycles. The summed E-state index contributed by atoms with van der Waals surface area (Å²) in [4.78, 5) is 12.0. The predicted molar refractivity (Wildman–Crippen MR) is 168 cm³/mol. The summed E-state index contributed by atoms with van der Waals surface area (Å²) in [5.74, 6) is 0. The summed E-state index contributed by atoms with van der Waals surface area (Å²) >= 11 is 0. The van der Waals surface area contributed by atoms with Crippen molar-refractivity contribution in [2.45, 2.75) is 26.2 Å². The third-order valence-corrected chi connectivity index (χ3v) is 8.28. The van der Waals surface area contributed by atoms with Crippen LogP contribution in [0.5, 0.6) is 0 Å². The Bertz CT molecular complexity index is 1740. The number of pyridine rings is 2. The van der Waals surface area contributed by atoms with Gasteiger partial charge in [-0.05, 0) is 91.6 Å². The van der Waals surface area contributed by atoms with E-state index in [0.717, 1.165) is 28.5 Å². The van der Waals surface area contributed by atoms with Crippen LogP contribution in [-0.4, -0.2) is 9.97 Å². The minimum absolute atomic E-state index is 0.516. The Kier molecular flexibility index (Phi) is 6.01. The lowest BCUT2D eigenvalue weighted by atomic mass is 9.68. The van der Waals surface area contributed by atoms with Gasteiger partial charge in [0.2, 0.25) is 0 Å². The van der Waals surface area contributed by atoms with Crippen molar-refractivity contribution < 1.29 is 0 Å². The molecule has 0 spiro atoms. The number of nitrogens with zero attached hydrogens (tertiary/aromatic N) is 3. The van der Waals surface area contributed by atoms with Crippen LogP contribution in [-0.2, 0) is 5.41 Å². The van der Waals surface area contributed by atoms with E-state index in [9.17, 15) is 0 Å². The van der Waals surface area contributed by atoms with E-state index in [0.29, 0.717) is 0 Å². The van der Waals surface area contributed by atoms with E-state index in [1.54, 1.807) is 0 Å². The Morgan fingerprint density at radius 1 is 0.439 bits per heavy atom. The van der Waals surface area contributed by atoms with Crippen LogP contribution in [0.2, 0.25) is 0 Å². The van der Waals surface area contributed by atoms with E-state index in [4.69, 9.17) is 9.97 Å². The quantitative estimate of drug-likeness (QED) is 0.222. The highest BCUT2D eigenvalue weighted by Gasteiger charge is 2.47. The summed E-state index contributed by atoms with van der Waals surface area (Å²) in [6.07, 6.45) is 3.74. The zero-order valence-corrected chi connectivity index (χ0v) is 23.5. The summed E-state index contributed by atoms with van der Waals surface area (Å²) in [6.45, 7) is 6.39. The standard InChI is InChI=1S/C38H31N3/c1-26-8-14-29(15-9-26)38(34-6-4-24-39-36(34)37-35(38)7-5-25-40-37)30-16-22-33(23-17-30)41(31-18-10-27(2)11-19-31)32-20-12-28(3)13-21-32/h4-25H,1-3H3. The number of benzene rings is 4. The van der Waals surface area contributed by atoms with E-state index in [-0.39, 0.29) is 0 Å². The van der Waals surface area contributed by atoms with Crippen LogP contribution in [0.1, 0.15) is 38.9 Å². The molecule has 3 heteroatoms. The van der Waals surface area contributed by atoms with Crippen LogP contribution in [0.4, 0.5) is 17.1 Å². The first-order chi connectivity index (χ1) is 20.1. The minimum Gasteiger partial charge on any atom is -0.311 e. The molecule has 6 aromatic rings. The number of aryl methyl sites for hydroxylation is 3. The first-order valence-corrected chi connectivity index (χ1v) is 14.1. The fourth-order valence-corrected chi connectivity index (χ4v) is 6.23. The van der Waals surface area contributed by atoms with E-state index >= 15 is 0 Å². The first kappa shape index (κ1) is 25.0. The van der Waals surface area contributed by atoms with Gasteiger partial charge in [-0.1, -0.05) is 89.5 Å². The molecule has 2 heterocycles. The maximum atomic E-state index is 4.83. The molecule has 0 aliphatic heterocycles. The summed E-state index contributed by atoms with van der Waals surface area (Å²) in [5, 5.41) is 0. The van der Waals surface area contributed by atoms with Crippen molar-refractivity contribution in [2.24, 2.45) is 0 Å². The van der Waals surface area contributed by atoms with Gasteiger partial charge in [0.05, 0.1) is 16.8 Å². The molecule has 0 saturated carbocycles. The summed E-state index contributed by atoms with van der Waals surface area (Å²) < 4.78 is 0. The Morgan fingerprint density at radius 2 is 0.780 bits per heavy atom. The van der Waals surface area contributed by atoms with Gasteiger partial charge in [0.1, 0.15) is 0 Å². The van der Waals surface area contributed by atoms with Gasteiger partial charge in [0, 0.05) is 29.5 Å². The zero-order chi connectivity index (χ0) is 28.0. The molecule has 0 fully saturated rings. The smallest absolute Gasteiger partial charge is 0.0937 e. The number of aromatic nitrogens is 2. The lowest BCUT2D eigenvalue weighted by Gasteiger charge is -2.34. The molecule has 1 aliphatic rings. The molecule has 198 valence electrons. The number of fused-ring (bicyclic) bond motifs is 3. The van der Waals surface area contributed by atoms with Crippen LogP contribution < -0.4 is 4.90 Å². The highest BCUT2D eigenvalue weighted by Crippen LogP contribution is 2.55. The van der Waals surface area contributed by atoms with Crippen molar-refractivity contribution in [1.29, 1.82) is 0 Å². The van der Waals surface area contributed by atoms with Crippen LogP contribution in [0, 0.1) is 20.8 Å². The molecular formula is C38H31N3. The summed E-state index contributed by atoms with van der Waals surface area (Å²) in [5.41, 5.74) is 13.2. The molecular weight excluding hydrogens is 498 g/mol. The van der Waals surface area contributed by atoms with Gasteiger partial charge in [-0.2, -0.15) is 0 Å². The van der Waals surface area contributed by atoms with E-state index in [1.165, 1.54) is 38.9 Å². The van der Waals surface area contributed by atoms with Gasteiger partial charge in [-0.15, -0.1) is 0 Å². The molecule has 3 nitrogen and oxygen atoms in total. The second kappa shape index (κ2) is 9.87. The monoisotopic (exact) mass is 529 g/mol. The van der Waals surface area contributed by atoms with Crippen molar-refractivity contribution in [3.05, 3.63) is 173 Å². The van der Waals surface area contributed by atoms with Gasteiger partial charge in [0.25, 0.3) is 0 Å². The second-order valence-corrected chi connectivity index (χ2v) is 11.0. The molecule has 0 bridgehead atoms. The molecule has 1 aliphatic carbocycles. The van der Waals surface area contributed by atoms with Gasteiger partial charge in [-0.25, -0.2) is 0 Å². The molecule has 7 rings (SSSR count). The first-order valence-electron chi connectivity index (χ1n) is 14.1. The van der Waals surface area contributed by atoms with E-state index in [1.807, 2.05) is 24.5 Å². The molecule has 0 unspecified atom stereocenters. The third kappa shape index (κ3) is 4.05. The summed E-state index contributed by atoms with van der Waals surface area (Å²) in [7, 11) is 0. The Morgan fingerprint density at radius 3 is 1.20 bits per heavy atom. The highest BCUT2D eigenvalue weighted by molar-refractivity contribution is 5.83. The molecule has 4 aromatic carbocycles. The van der Waals surface area contributed by atoms with Crippen molar-refractivity contribution in [1.82, 2.24) is 9.97 Å². The van der Waals surface area contributed by atoms with E-state index < -0.39 is 5.41 Å². The average Bonchev–Trinajstić information content (AvgIpc) is 3.31. The molecule has 41 heavy (non-hydrogen) atoms. The van der Waals surface area contributed by atoms with Crippen molar-refractivity contribution in [3.8, 4) is 11.4 Å². The molecule has 0 saturated heterocycles. The molecule has 0 radical (unpaired) electrons. The molecule has 0 amide bonds. The maximum absolute atomic E-state index is 4.83. The number of hydrogen-bond acceptors (Lipinski definition) is 3. The van der Waals surface area contributed by atoms with Crippen molar-refractivity contribution in [3.63, 3.8) is 0 Å². The normalized spacial score (nSPS) is 13.0.